The number of H-pyrrole nitrogens is 1. The molecule has 1 N–H and O–H groups in total. The van der Waals surface area contributed by atoms with E-state index >= 15 is 0 Å². The summed E-state index contributed by atoms with van der Waals surface area (Å²) < 4.78 is 7.22. The minimum atomic E-state index is -0.569. The normalized spacial score (nSPS) is 24.1. The molecule has 1 saturated heterocycles. The lowest BCUT2D eigenvalue weighted by Gasteiger charge is -2.19. The van der Waals surface area contributed by atoms with Gasteiger partial charge >= 0.3 is 5.69 Å². The standard InChI is InChI=1S/C18H16IN3O6/c1-9-7-21(18(26)20-15(9)23)14-6-12(19)13(28-14)8-27-22-16(24)10-4-2-3-5-11(10)17(22)25/h2-5,7,12-14H,6,8H2,1H3,(H,20,23,26)/t12?,13-,14-/m1/s1. The average Bonchev–Trinajstić information content (AvgIpc) is 3.15. The second kappa shape index (κ2) is 7.26. The number of aromatic amines is 1. The monoisotopic (exact) mass is 497 g/mol. The third-order valence-corrected chi connectivity index (χ3v) is 6.05. The van der Waals surface area contributed by atoms with Gasteiger partial charge in [-0.2, -0.15) is 0 Å². The first-order chi connectivity index (χ1) is 13.4. The van der Waals surface area contributed by atoms with Crippen molar-refractivity contribution in [1.29, 1.82) is 0 Å². The summed E-state index contributed by atoms with van der Waals surface area (Å²) in [6.45, 7) is 1.58. The minimum absolute atomic E-state index is 0.0167. The third-order valence-electron chi connectivity index (χ3n) is 4.74. The number of imide groups is 1. The summed E-state index contributed by atoms with van der Waals surface area (Å²) in [6, 6.07) is 6.52. The number of fused-ring (bicyclic) bond motifs is 1. The zero-order chi connectivity index (χ0) is 20.0. The predicted octanol–water partition coefficient (Wildman–Crippen LogP) is 1.16. The quantitative estimate of drug-likeness (QED) is 0.386. The zero-order valence-electron chi connectivity index (χ0n) is 14.8. The summed E-state index contributed by atoms with van der Waals surface area (Å²) in [5.41, 5.74) is 0.0267. The van der Waals surface area contributed by atoms with Crippen LogP contribution in [0.4, 0.5) is 0 Å². The molecule has 2 aliphatic rings. The van der Waals surface area contributed by atoms with Crippen molar-refractivity contribution in [2.45, 2.75) is 29.6 Å². The molecule has 1 aromatic heterocycles. The van der Waals surface area contributed by atoms with Gasteiger partial charge in [0.05, 0.1) is 17.2 Å². The van der Waals surface area contributed by atoms with Gasteiger partial charge in [0.2, 0.25) is 0 Å². The van der Waals surface area contributed by atoms with E-state index in [0.717, 1.165) is 5.06 Å². The SMILES string of the molecule is Cc1cn([C@H]2CC(I)[C@@H](CON3C(=O)c4ccccc4C3=O)O2)c(=O)[nH]c1=O. The molecule has 1 aromatic carbocycles. The van der Waals surface area contributed by atoms with Gasteiger partial charge in [-0.1, -0.05) is 34.7 Å². The van der Waals surface area contributed by atoms with Crippen LogP contribution in [0.5, 0.6) is 0 Å². The largest absolute Gasteiger partial charge is 0.351 e. The molecular formula is C18H16IN3O6. The van der Waals surface area contributed by atoms with Gasteiger partial charge in [-0.25, -0.2) is 4.79 Å². The molecule has 2 amide bonds. The Kier molecular flexibility index (Phi) is 4.93. The molecule has 1 unspecified atom stereocenters. The lowest BCUT2D eigenvalue weighted by atomic mass is 10.1. The van der Waals surface area contributed by atoms with Gasteiger partial charge in [-0.05, 0) is 19.1 Å². The van der Waals surface area contributed by atoms with E-state index in [2.05, 4.69) is 27.6 Å². The van der Waals surface area contributed by atoms with Gasteiger partial charge in [0.25, 0.3) is 17.4 Å². The molecule has 0 radical (unpaired) electrons. The average molecular weight is 497 g/mol. The highest BCUT2D eigenvalue weighted by molar-refractivity contribution is 14.1. The zero-order valence-corrected chi connectivity index (χ0v) is 16.9. The minimum Gasteiger partial charge on any atom is -0.351 e. The number of aromatic nitrogens is 2. The summed E-state index contributed by atoms with van der Waals surface area (Å²) in [5, 5.41) is 0.751. The molecule has 3 heterocycles. The van der Waals surface area contributed by atoms with Gasteiger partial charge in [0.15, 0.2) is 0 Å². The molecule has 28 heavy (non-hydrogen) atoms. The fourth-order valence-corrected chi connectivity index (χ4v) is 4.05. The number of hydrogen-bond donors (Lipinski definition) is 1. The number of hydrogen-bond acceptors (Lipinski definition) is 6. The van der Waals surface area contributed by atoms with Crippen molar-refractivity contribution in [3.8, 4) is 0 Å². The molecule has 2 aromatic rings. The Labute approximate surface area is 172 Å². The predicted molar refractivity (Wildman–Crippen MR) is 105 cm³/mol. The molecule has 9 nitrogen and oxygen atoms in total. The smallest absolute Gasteiger partial charge is 0.330 e. The van der Waals surface area contributed by atoms with Gasteiger partial charge in [0.1, 0.15) is 12.8 Å². The number of aryl methyl sites for hydroxylation is 1. The number of rotatable bonds is 4. The number of hydroxylamine groups is 2. The molecule has 1 fully saturated rings. The Hall–Kier alpha value is -2.31. The van der Waals surface area contributed by atoms with Gasteiger partial charge in [-0.15, -0.1) is 5.06 Å². The van der Waals surface area contributed by atoms with E-state index in [1.54, 1.807) is 31.2 Å². The van der Waals surface area contributed by atoms with Crippen LogP contribution in [0.1, 0.15) is 38.9 Å². The van der Waals surface area contributed by atoms with Gasteiger partial charge < -0.3 is 4.74 Å². The number of alkyl halides is 1. The molecule has 0 spiro atoms. The fraction of sp³-hybridized carbons (Fsp3) is 0.333. The first-order valence-electron chi connectivity index (χ1n) is 8.59. The van der Waals surface area contributed by atoms with E-state index in [1.807, 2.05) is 0 Å². The fourth-order valence-electron chi connectivity index (χ4n) is 3.24. The number of halogens is 1. The second-order valence-corrected chi connectivity index (χ2v) is 8.21. The van der Waals surface area contributed by atoms with Crippen molar-refractivity contribution in [3.05, 3.63) is 68.0 Å². The molecule has 3 atom stereocenters. The second-order valence-electron chi connectivity index (χ2n) is 6.61. The molecule has 146 valence electrons. The molecule has 4 rings (SSSR count). The van der Waals surface area contributed by atoms with E-state index in [4.69, 9.17) is 9.57 Å². The van der Waals surface area contributed by atoms with Crippen LogP contribution in [0.3, 0.4) is 0 Å². The summed E-state index contributed by atoms with van der Waals surface area (Å²) >= 11 is 2.18. The summed E-state index contributed by atoms with van der Waals surface area (Å²) in [4.78, 5) is 56.0. The van der Waals surface area contributed by atoms with E-state index in [-0.39, 0.29) is 10.5 Å². The Morgan fingerprint density at radius 3 is 2.46 bits per heavy atom. The van der Waals surface area contributed by atoms with Crippen molar-refractivity contribution in [2.75, 3.05) is 6.61 Å². The topological polar surface area (TPSA) is 111 Å². The van der Waals surface area contributed by atoms with E-state index < -0.39 is 35.4 Å². The Balaban J connectivity index is 1.45. The van der Waals surface area contributed by atoms with Crippen LogP contribution < -0.4 is 11.2 Å². The van der Waals surface area contributed by atoms with Crippen LogP contribution in [-0.4, -0.2) is 43.1 Å². The van der Waals surface area contributed by atoms with Crippen LogP contribution in [0, 0.1) is 6.92 Å². The Morgan fingerprint density at radius 2 is 1.82 bits per heavy atom. The number of nitrogens with one attached hydrogen (secondary N) is 1. The lowest BCUT2D eigenvalue weighted by Crippen LogP contribution is -2.35. The Bertz CT molecular complexity index is 1040. The van der Waals surface area contributed by atoms with E-state index in [0.29, 0.717) is 23.1 Å². The first kappa shape index (κ1) is 19.0. The number of benzene rings is 1. The van der Waals surface area contributed by atoms with Crippen LogP contribution in [-0.2, 0) is 9.57 Å². The molecular weight excluding hydrogens is 481 g/mol. The maximum absolute atomic E-state index is 12.4. The molecule has 0 bridgehead atoms. The summed E-state index contributed by atoms with van der Waals surface area (Å²) in [6.07, 6.45) is 0.972. The highest BCUT2D eigenvalue weighted by Gasteiger charge is 2.40. The number of nitrogens with zero attached hydrogens (tertiary/aromatic N) is 2. The maximum atomic E-state index is 12.4. The van der Waals surface area contributed by atoms with E-state index in [9.17, 15) is 19.2 Å². The highest BCUT2D eigenvalue weighted by atomic mass is 127. The van der Waals surface area contributed by atoms with Gasteiger partial charge in [-0.3, -0.25) is 28.8 Å². The van der Waals surface area contributed by atoms with E-state index in [1.165, 1.54) is 10.8 Å². The van der Waals surface area contributed by atoms with Crippen molar-refractivity contribution >= 4 is 34.4 Å². The number of ether oxygens (including phenoxy) is 1. The number of carbonyl (C=O) groups is 2. The Morgan fingerprint density at radius 1 is 1.18 bits per heavy atom. The van der Waals surface area contributed by atoms with Crippen molar-refractivity contribution in [1.82, 2.24) is 14.6 Å². The van der Waals surface area contributed by atoms with Gasteiger partial charge in [0, 0.05) is 22.1 Å². The number of carbonyl (C=O) groups excluding carboxylic acids is 2. The van der Waals surface area contributed by atoms with Crippen LogP contribution in [0.2, 0.25) is 0 Å². The lowest BCUT2D eigenvalue weighted by molar-refractivity contribution is -0.129. The maximum Gasteiger partial charge on any atom is 0.330 e. The van der Waals surface area contributed by atoms with Crippen molar-refractivity contribution in [2.24, 2.45) is 0 Å². The molecule has 2 aliphatic heterocycles. The van der Waals surface area contributed by atoms with Crippen LogP contribution >= 0.6 is 22.6 Å². The molecule has 10 heteroatoms. The summed E-state index contributed by atoms with van der Waals surface area (Å²) in [5.74, 6) is -1.01. The first-order valence-corrected chi connectivity index (χ1v) is 9.83. The molecule has 0 saturated carbocycles. The summed E-state index contributed by atoms with van der Waals surface area (Å²) in [7, 11) is 0. The van der Waals surface area contributed by atoms with Crippen molar-refractivity contribution < 1.29 is 19.2 Å². The van der Waals surface area contributed by atoms with Crippen LogP contribution in [0.25, 0.3) is 0 Å². The highest BCUT2D eigenvalue weighted by Crippen LogP contribution is 2.33. The van der Waals surface area contributed by atoms with Crippen LogP contribution in [0.15, 0.2) is 40.1 Å². The molecule has 0 aliphatic carbocycles. The third kappa shape index (κ3) is 3.20. The number of amides is 2. The van der Waals surface area contributed by atoms with Crippen molar-refractivity contribution in [3.63, 3.8) is 0 Å².